The largest absolute Gasteiger partial charge is 0.504 e. The molecule has 2 aromatic rings. The van der Waals surface area contributed by atoms with Gasteiger partial charge in [0.15, 0.2) is 11.5 Å². The predicted octanol–water partition coefficient (Wildman–Crippen LogP) is 3.29. The van der Waals surface area contributed by atoms with E-state index in [4.69, 9.17) is 4.74 Å². The van der Waals surface area contributed by atoms with Crippen LogP contribution in [0.15, 0.2) is 36.4 Å². The normalized spacial score (nSPS) is 10.3. The molecule has 0 saturated heterocycles. The predicted molar refractivity (Wildman–Crippen MR) is 68.3 cm³/mol. The highest BCUT2D eigenvalue weighted by molar-refractivity contribution is 5.50. The quantitative estimate of drug-likeness (QED) is 0.891. The van der Waals surface area contributed by atoms with Crippen molar-refractivity contribution in [3.05, 3.63) is 53.6 Å². The third-order valence-electron chi connectivity index (χ3n) is 2.72. The van der Waals surface area contributed by atoms with Gasteiger partial charge in [-0.2, -0.15) is 0 Å². The van der Waals surface area contributed by atoms with E-state index in [0.717, 1.165) is 12.1 Å². The van der Waals surface area contributed by atoms with E-state index in [1.807, 2.05) is 0 Å². The molecular weight excluding hydrogens is 252 g/mol. The molecule has 0 heterocycles. The maximum absolute atomic E-state index is 13.4. The average Bonchev–Trinajstić information content (AvgIpc) is 2.40. The van der Waals surface area contributed by atoms with Crippen molar-refractivity contribution in [3.63, 3.8) is 0 Å². The molecule has 2 aromatic carbocycles. The summed E-state index contributed by atoms with van der Waals surface area (Å²) in [6, 6.07) is 8.55. The fourth-order valence-electron chi connectivity index (χ4n) is 1.73. The Morgan fingerprint density at radius 1 is 1.11 bits per heavy atom. The van der Waals surface area contributed by atoms with E-state index in [1.165, 1.54) is 13.2 Å². The zero-order valence-electron chi connectivity index (χ0n) is 10.3. The second-order valence-corrected chi connectivity index (χ2v) is 3.92. The van der Waals surface area contributed by atoms with Crippen LogP contribution >= 0.6 is 0 Å². The van der Waals surface area contributed by atoms with Crippen LogP contribution in [0.25, 0.3) is 0 Å². The molecular formula is C14H13F2NO2. The lowest BCUT2D eigenvalue weighted by molar-refractivity contribution is 0.371. The summed E-state index contributed by atoms with van der Waals surface area (Å²) >= 11 is 0. The number of phenols is 1. The van der Waals surface area contributed by atoms with Gasteiger partial charge < -0.3 is 15.2 Å². The first-order chi connectivity index (χ1) is 9.13. The Bertz CT molecular complexity index is 567. The molecule has 2 N–H and O–H groups in total. The van der Waals surface area contributed by atoms with E-state index in [2.05, 4.69) is 5.32 Å². The lowest BCUT2D eigenvalue weighted by Gasteiger charge is -2.11. The number of benzene rings is 2. The molecule has 0 aliphatic rings. The smallest absolute Gasteiger partial charge is 0.162 e. The molecule has 0 atom stereocenters. The van der Waals surface area contributed by atoms with Crippen LogP contribution in [0.5, 0.6) is 11.5 Å². The molecule has 19 heavy (non-hydrogen) atoms. The minimum atomic E-state index is -0.678. The number of aromatic hydroxyl groups is 1. The van der Waals surface area contributed by atoms with Crippen LogP contribution in [-0.4, -0.2) is 12.2 Å². The fourth-order valence-corrected chi connectivity index (χ4v) is 1.73. The van der Waals surface area contributed by atoms with Crippen LogP contribution in [0.1, 0.15) is 5.56 Å². The van der Waals surface area contributed by atoms with E-state index in [-0.39, 0.29) is 18.0 Å². The number of anilines is 1. The van der Waals surface area contributed by atoms with Crippen molar-refractivity contribution in [2.24, 2.45) is 0 Å². The summed E-state index contributed by atoms with van der Waals surface area (Å²) in [7, 11) is 1.43. The first-order valence-corrected chi connectivity index (χ1v) is 5.66. The van der Waals surface area contributed by atoms with Crippen LogP contribution in [0.3, 0.4) is 0 Å². The fraction of sp³-hybridized carbons (Fsp3) is 0.143. The van der Waals surface area contributed by atoms with Gasteiger partial charge in [0.2, 0.25) is 0 Å². The van der Waals surface area contributed by atoms with Gasteiger partial charge in [0.25, 0.3) is 0 Å². The molecule has 0 spiro atoms. The Kier molecular flexibility index (Phi) is 3.85. The number of nitrogens with one attached hydrogen (secondary N) is 1. The first kappa shape index (κ1) is 13.1. The van der Waals surface area contributed by atoms with Crippen molar-refractivity contribution < 1.29 is 18.6 Å². The van der Waals surface area contributed by atoms with E-state index in [1.54, 1.807) is 18.2 Å². The SMILES string of the molecule is COc1cccc(CNc2c(F)cccc2F)c1O. The maximum atomic E-state index is 13.4. The van der Waals surface area contributed by atoms with Gasteiger partial charge >= 0.3 is 0 Å². The Morgan fingerprint density at radius 3 is 2.37 bits per heavy atom. The van der Waals surface area contributed by atoms with Crippen molar-refractivity contribution >= 4 is 5.69 Å². The van der Waals surface area contributed by atoms with Gasteiger partial charge in [-0.05, 0) is 18.2 Å². The van der Waals surface area contributed by atoms with Gasteiger partial charge in [-0.25, -0.2) is 8.78 Å². The van der Waals surface area contributed by atoms with Crippen LogP contribution in [0.2, 0.25) is 0 Å². The highest BCUT2D eigenvalue weighted by atomic mass is 19.1. The molecule has 0 radical (unpaired) electrons. The standard InChI is InChI=1S/C14H13F2NO2/c1-19-12-7-2-4-9(14(12)18)8-17-13-10(15)5-3-6-11(13)16/h2-7,17-18H,8H2,1H3. The highest BCUT2D eigenvalue weighted by Gasteiger charge is 2.10. The van der Waals surface area contributed by atoms with Gasteiger partial charge in [-0.3, -0.25) is 0 Å². The van der Waals surface area contributed by atoms with Gasteiger partial charge in [0, 0.05) is 12.1 Å². The molecule has 0 amide bonds. The Balaban J connectivity index is 2.19. The van der Waals surface area contributed by atoms with Crippen molar-refractivity contribution in [2.75, 3.05) is 12.4 Å². The number of ether oxygens (including phenoxy) is 1. The highest BCUT2D eigenvalue weighted by Crippen LogP contribution is 2.30. The molecule has 0 unspecified atom stereocenters. The monoisotopic (exact) mass is 265 g/mol. The van der Waals surface area contributed by atoms with E-state index < -0.39 is 11.6 Å². The summed E-state index contributed by atoms with van der Waals surface area (Å²) < 4.78 is 31.8. The van der Waals surface area contributed by atoms with Gasteiger partial charge in [-0.1, -0.05) is 18.2 Å². The first-order valence-electron chi connectivity index (χ1n) is 5.66. The number of hydrogen-bond donors (Lipinski definition) is 2. The molecule has 0 fully saturated rings. The summed E-state index contributed by atoms with van der Waals surface area (Å²) in [6.45, 7) is 0.0842. The number of para-hydroxylation sites is 2. The van der Waals surface area contributed by atoms with Gasteiger partial charge in [-0.15, -0.1) is 0 Å². The van der Waals surface area contributed by atoms with Crippen molar-refractivity contribution in [2.45, 2.75) is 6.54 Å². The van der Waals surface area contributed by atoms with Gasteiger partial charge in [0.05, 0.1) is 7.11 Å². The van der Waals surface area contributed by atoms with Crippen LogP contribution < -0.4 is 10.1 Å². The molecule has 0 aliphatic carbocycles. The van der Waals surface area contributed by atoms with Crippen LogP contribution in [0.4, 0.5) is 14.5 Å². The maximum Gasteiger partial charge on any atom is 0.162 e. The van der Waals surface area contributed by atoms with Gasteiger partial charge in [0.1, 0.15) is 17.3 Å². The van der Waals surface area contributed by atoms with Crippen molar-refractivity contribution in [1.29, 1.82) is 0 Å². The molecule has 5 heteroatoms. The van der Waals surface area contributed by atoms with Crippen molar-refractivity contribution in [3.8, 4) is 11.5 Å². The molecule has 2 rings (SSSR count). The van der Waals surface area contributed by atoms with Crippen LogP contribution in [0, 0.1) is 11.6 Å². The summed E-state index contributed by atoms with van der Waals surface area (Å²) in [4.78, 5) is 0. The molecule has 0 bridgehead atoms. The third kappa shape index (κ3) is 2.76. The number of halogens is 2. The number of rotatable bonds is 4. The summed E-state index contributed by atoms with van der Waals surface area (Å²) in [5.74, 6) is -1.09. The van der Waals surface area contributed by atoms with Crippen LogP contribution in [-0.2, 0) is 6.54 Å². The van der Waals surface area contributed by atoms with E-state index in [9.17, 15) is 13.9 Å². The average molecular weight is 265 g/mol. The summed E-state index contributed by atoms with van der Waals surface area (Å²) in [6.07, 6.45) is 0. The molecule has 0 saturated carbocycles. The molecule has 3 nitrogen and oxygen atoms in total. The summed E-state index contributed by atoms with van der Waals surface area (Å²) in [5.41, 5.74) is 0.270. The number of hydrogen-bond acceptors (Lipinski definition) is 3. The minimum Gasteiger partial charge on any atom is -0.504 e. The lowest BCUT2D eigenvalue weighted by atomic mass is 10.1. The zero-order chi connectivity index (χ0) is 13.8. The minimum absolute atomic E-state index is 0.0470. The van der Waals surface area contributed by atoms with E-state index >= 15 is 0 Å². The molecule has 100 valence electrons. The zero-order valence-corrected chi connectivity index (χ0v) is 10.3. The molecule has 0 aliphatic heterocycles. The molecule has 0 aromatic heterocycles. The van der Waals surface area contributed by atoms with E-state index in [0.29, 0.717) is 11.3 Å². The Hall–Kier alpha value is -2.30. The van der Waals surface area contributed by atoms with Crippen molar-refractivity contribution in [1.82, 2.24) is 0 Å². The lowest BCUT2D eigenvalue weighted by Crippen LogP contribution is -2.04. The summed E-state index contributed by atoms with van der Waals surface area (Å²) in [5, 5.41) is 12.5. The second-order valence-electron chi connectivity index (χ2n) is 3.92. The number of phenolic OH excluding ortho intramolecular Hbond substituents is 1. The number of methoxy groups -OCH3 is 1. The third-order valence-corrected chi connectivity index (χ3v) is 2.72. The Labute approximate surface area is 109 Å². The second kappa shape index (κ2) is 5.56. The topological polar surface area (TPSA) is 41.5 Å². The Morgan fingerprint density at radius 2 is 1.74 bits per heavy atom.